The van der Waals surface area contributed by atoms with Gasteiger partial charge in [-0.05, 0) is 37.5 Å². The maximum Gasteiger partial charge on any atom is 0.299 e. The zero-order valence-corrected chi connectivity index (χ0v) is 11.9. The summed E-state index contributed by atoms with van der Waals surface area (Å²) in [6.07, 6.45) is 1.63. The number of hydrogen-bond donors (Lipinski definition) is 3. The van der Waals surface area contributed by atoms with Crippen LogP contribution in [-0.2, 0) is 20.2 Å². The van der Waals surface area contributed by atoms with E-state index in [0.29, 0.717) is 5.56 Å². The first-order valence-electron chi connectivity index (χ1n) is 5.61. The summed E-state index contributed by atoms with van der Waals surface area (Å²) in [5, 5.41) is 5.01. The number of rotatable bonds is 5. The fraction of sp³-hybridized carbons (Fsp3) is 0.400. The number of nitrogens with one attached hydrogen (secondary N) is 2. The highest BCUT2D eigenvalue weighted by Crippen LogP contribution is 2.23. The van der Waals surface area contributed by atoms with Crippen LogP contribution in [0.5, 0.6) is 0 Å². The van der Waals surface area contributed by atoms with Crippen LogP contribution in [-0.4, -0.2) is 22.9 Å². The van der Waals surface area contributed by atoms with Crippen molar-refractivity contribution in [3.05, 3.63) is 23.8 Å². The second kappa shape index (κ2) is 4.75. The molecule has 1 fully saturated rings. The second-order valence-corrected chi connectivity index (χ2v) is 7.53. The number of nitrogens with two attached hydrogens (primary N) is 1. The molecule has 1 aromatic rings. The molecule has 19 heavy (non-hydrogen) atoms. The number of hydrogen-bond acceptors (Lipinski definition) is 4. The highest BCUT2D eigenvalue weighted by Gasteiger charge is 2.27. The normalized spacial score (nSPS) is 16.3. The summed E-state index contributed by atoms with van der Waals surface area (Å²) in [5.74, 6) is 0. The molecule has 106 valence electrons. The number of aryl methyl sites for hydroxylation is 1. The van der Waals surface area contributed by atoms with Gasteiger partial charge in [0.1, 0.15) is 0 Å². The van der Waals surface area contributed by atoms with E-state index in [2.05, 4.69) is 9.44 Å². The number of primary sulfonamides is 1. The molecule has 0 atom stereocenters. The largest absolute Gasteiger partial charge is 0.299 e. The lowest BCUT2D eigenvalue weighted by Gasteiger charge is -2.12. The minimum absolute atomic E-state index is 0.0285. The molecule has 1 aliphatic rings. The van der Waals surface area contributed by atoms with Crippen LogP contribution in [0.3, 0.4) is 0 Å². The Morgan fingerprint density at radius 3 is 2.37 bits per heavy atom. The summed E-state index contributed by atoms with van der Waals surface area (Å²) in [6.45, 7) is 1.67. The van der Waals surface area contributed by atoms with Crippen molar-refractivity contribution < 1.29 is 16.8 Å². The van der Waals surface area contributed by atoms with Crippen molar-refractivity contribution in [1.82, 2.24) is 4.72 Å². The van der Waals surface area contributed by atoms with Crippen LogP contribution < -0.4 is 14.6 Å². The van der Waals surface area contributed by atoms with Crippen LogP contribution in [0.1, 0.15) is 18.4 Å². The molecule has 1 aliphatic carbocycles. The number of benzene rings is 1. The molecule has 0 bridgehead atoms. The third-order valence-corrected chi connectivity index (χ3v) is 4.72. The van der Waals surface area contributed by atoms with E-state index in [-0.39, 0.29) is 16.6 Å². The predicted octanol–water partition coefficient (Wildman–Crippen LogP) is 0.0511. The minimum atomic E-state index is -3.86. The fourth-order valence-electron chi connectivity index (χ4n) is 1.48. The molecular weight excluding hydrogens is 290 g/mol. The van der Waals surface area contributed by atoms with Gasteiger partial charge in [-0.1, -0.05) is 6.07 Å². The van der Waals surface area contributed by atoms with E-state index in [9.17, 15) is 16.8 Å². The van der Waals surface area contributed by atoms with Gasteiger partial charge in [-0.25, -0.2) is 13.6 Å². The summed E-state index contributed by atoms with van der Waals surface area (Å²) >= 11 is 0. The van der Waals surface area contributed by atoms with Gasteiger partial charge in [-0.3, -0.25) is 4.72 Å². The van der Waals surface area contributed by atoms with Crippen LogP contribution in [0.4, 0.5) is 5.69 Å². The number of anilines is 1. The summed E-state index contributed by atoms with van der Waals surface area (Å²) in [7, 11) is -7.56. The van der Waals surface area contributed by atoms with Crippen molar-refractivity contribution in [2.24, 2.45) is 5.14 Å². The van der Waals surface area contributed by atoms with Gasteiger partial charge in [0.05, 0.1) is 10.6 Å². The summed E-state index contributed by atoms with van der Waals surface area (Å²) < 4.78 is 50.7. The van der Waals surface area contributed by atoms with Gasteiger partial charge in [0.2, 0.25) is 10.0 Å². The highest BCUT2D eigenvalue weighted by atomic mass is 32.2. The molecular formula is C10H15N3O4S2. The van der Waals surface area contributed by atoms with E-state index in [1.165, 1.54) is 18.2 Å². The SMILES string of the molecule is Cc1ccc(S(N)(=O)=O)cc1NS(=O)(=O)NC1CC1. The van der Waals surface area contributed by atoms with Gasteiger partial charge < -0.3 is 0 Å². The molecule has 0 saturated heterocycles. The van der Waals surface area contributed by atoms with Crippen molar-refractivity contribution >= 4 is 25.9 Å². The van der Waals surface area contributed by atoms with E-state index in [1.807, 2.05) is 0 Å². The van der Waals surface area contributed by atoms with Crippen molar-refractivity contribution in [3.8, 4) is 0 Å². The van der Waals surface area contributed by atoms with E-state index < -0.39 is 20.2 Å². The van der Waals surface area contributed by atoms with Crippen molar-refractivity contribution in [2.45, 2.75) is 30.7 Å². The molecule has 1 saturated carbocycles. The highest BCUT2D eigenvalue weighted by molar-refractivity contribution is 7.90. The molecule has 7 nitrogen and oxygen atoms in total. The van der Waals surface area contributed by atoms with E-state index in [0.717, 1.165) is 12.8 Å². The van der Waals surface area contributed by atoms with Crippen LogP contribution >= 0.6 is 0 Å². The van der Waals surface area contributed by atoms with Crippen molar-refractivity contribution in [1.29, 1.82) is 0 Å². The van der Waals surface area contributed by atoms with Crippen LogP contribution in [0.15, 0.2) is 23.1 Å². The molecule has 0 heterocycles. The molecule has 0 unspecified atom stereocenters. The Hall–Kier alpha value is -1.16. The lowest BCUT2D eigenvalue weighted by molar-refractivity contribution is 0.586. The van der Waals surface area contributed by atoms with Crippen molar-refractivity contribution in [3.63, 3.8) is 0 Å². The van der Waals surface area contributed by atoms with Crippen LogP contribution in [0.25, 0.3) is 0 Å². The van der Waals surface area contributed by atoms with Gasteiger partial charge in [-0.2, -0.15) is 13.1 Å². The minimum Gasteiger partial charge on any atom is -0.271 e. The Kier molecular flexibility index (Phi) is 3.56. The summed E-state index contributed by atoms with van der Waals surface area (Å²) in [4.78, 5) is -0.137. The standard InChI is InChI=1S/C10H15N3O4S2/c1-7-2-5-9(18(11,14)15)6-10(7)13-19(16,17)12-8-3-4-8/h2,5-6,8,12-13H,3-4H2,1H3,(H2,11,14,15). The molecule has 0 spiro atoms. The Bertz CT molecular complexity index is 693. The first-order chi connectivity index (χ1) is 8.67. The Labute approximate surface area is 112 Å². The third kappa shape index (κ3) is 3.90. The second-order valence-electron chi connectivity index (χ2n) is 4.52. The zero-order chi connectivity index (χ0) is 14.3. The summed E-state index contributed by atoms with van der Waals surface area (Å²) in [6, 6.07) is 4.00. The molecule has 0 aromatic heterocycles. The number of sulfonamides is 1. The first kappa shape index (κ1) is 14.3. The van der Waals surface area contributed by atoms with Gasteiger partial charge in [0.15, 0.2) is 0 Å². The smallest absolute Gasteiger partial charge is 0.271 e. The van der Waals surface area contributed by atoms with Crippen molar-refractivity contribution in [2.75, 3.05) is 4.72 Å². The van der Waals surface area contributed by atoms with E-state index in [1.54, 1.807) is 6.92 Å². The average molecular weight is 305 g/mol. The van der Waals surface area contributed by atoms with E-state index >= 15 is 0 Å². The molecule has 0 aliphatic heterocycles. The predicted molar refractivity (Wildman–Crippen MR) is 71.3 cm³/mol. The molecule has 2 rings (SSSR count). The van der Waals surface area contributed by atoms with Gasteiger partial charge in [-0.15, -0.1) is 0 Å². The molecule has 9 heteroatoms. The average Bonchev–Trinajstić information content (AvgIpc) is 3.02. The Morgan fingerprint density at radius 2 is 1.84 bits per heavy atom. The van der Waals surface area contributed by atoms with Gasteiger partial charge in [0, 0.05) is 6.04 Å². The first-order valence-corrected chi connectivity index (χ1v) is 8.64. The zero-order valence-electron chi connectivity index (χ0n) is 10.3. The molecule has 0 amide bonds. The van der Waals surface area contributed by atoms with Crippen LogP contribution in [0, 0.1) is 6.92 Å². The Morgan fingerprint density at radius 1 is 1.21 bits per heavy atom. The van der Waals surface area contributed by atoms with Gasteiger partial charge >= 0.3 is 0 Å². The molecule has 1 aromatic carbocycles. The lowest BCUT2D eigenvalue weighted by Crippen LogP contribution is -2.32. The Balaban J connectivity index is 2.28. The van der Waals surface area contributed by atoms with E-state index in [4.69, 9.17) is 5.14 Å². The molecule has 0 radical (unpaired) electrons. The van der Waals surface area contributed by atoms with Crippen LogP contribution in [0.2, 0.25) is 0 Å². The fourth-order valence-corrected chi connectivity index (χ4v) is 3.27. The summed E-state index contributed by atoms with van der Waals surface area (Å²) in [5.41, 5.74) is 0.799. The quantitative estimate of drug-likeness (QED) is 0.712. The maximum atomic E-state index is 11.8. The topological polar surface area (TPSA) is 118 Å². The monoisotopic (exact) mass is 305 g/mol. The maximum absolute atomic E-state index is 11.8. The third-order valence-electron chi connectivity index (χ3n) is 2.68. The lowest BCUT2D eigenvalue weighted by atomic mass is 10.2. The molecule has 4 N–H and O–H groups in total. The van der Waals surface area contributed by atoms with Gasteiger partial charge in [0.25, 0.3) is 10.2 Å².